The lowest BCUT2D eigenvalue weighted by atomic mass is 10.0. The van der Waals surface area contributed by atoms with E-state index in [2.05, 4.69) is 4.74 Å². The van der Waals surface area contributed by atoms with Crippen LogP contribution in [-0.2, 0) is 14.3 Å². The number of alkyl halides is 1. The zero-order valence-electron chi connectivity index (χ0n) is 6.41. The van der Waals surface area contributed by atoms with Gasteiger partial charge in [0.2, 0.25) is 0 Å². The Labute approximate surface area is 67.8 Å². The second kappa shape index (κ2) is 4.01. The van der Waals surface area contributed by atoms with E-state index in [0.717, 1.165) is 0 Å². The molecule has 0 spiro atoms. The van der Waals surface area contributed by atoms with E-state index < -0.39 is 24.0 Å². The summed E-state index contributed by atoms with van der Waals surface area (Å²) in [6.07, 6.45) is -0.700. The van der Waals surface area contributed by atoms with E-state index in [0.29, 0.717) is 0 Å². The van der Waals surface area contributed by atoms with Gasteiger partial charge in [-0.3, -0.25) is 0 Å². The summed E-state index contributed by atoms with van der Waals surface area (Å²) in [7, 11) is 1.23. The van der Waals surface area contributed by atoms with Crippen molar-refractivity contribution in [2.24, 2.45) is 0 Å². The van der Waals surface area contributed by atoms with Crippen molar-refractivity contribution in [2.75, 3.05) is 13.7 Å². The Bertz CT molecular complexity index is 176. The molecule has 0 unspecified atom stereocenters. The van der Waals surface area contributed by atoms with Crippen LogP contribution in [0, 0.1) is 0 Å². The maximum absolute atomic E-state index is 12.9. The predicted octanol–water partition coefficient (Wildman–Crippen LogP) is -0.0996. The number of carboxylic acid groups (broad SMARTS) is 2. The molecule has 0 radical (unpaired) electrons. The normalized spacial score (nSPS) is 11.2. The minimum absolute atomic E-state index is 0.255. The molecule has 0 aliphatic heterocycles. The standard InChI is InChI=1S/C6H9FO5/c1-12-3-2-6(7,4(8)9)5(10)11/h2-3H2,1H3,(H,8,9)(H,10,11). The van der Waals surface area contributed by atoms with Crippen LogP contribution in [0.5, 0.6) is 0 Å². The van der Waals surface area contributed by atoms with Gasteiger partial charge in [0.1, 0.15) is 0 Å². The SMILES string of the molecule is COCCC(F)(C(=O)O)C(=O)O. The predicted molar refractivity (Wildman–Crippen MR) is 35.6 cm³/mol. The number of hydrogen-bond acceptors (Lipinski definition) is 3. The molecule has 0 aromatic heterocycles. The number of carboxylic acids is 2. The maximum atomic E-state index is 12.9. The number of hydrogen-bond donors (Lipinski definition) is 2. The highest BCUT2D eigenvalue weighted by molar-refractivity contribution is 6.01. The molecule has 5 nitrogen and oxygen atoms in total. The number of carbonyl (C=O) groups is 2. The minimum atomic E-state index is -3.24. The van der Waals surface area contributed by atoms with Gasteiger partial charge in [-0.25, -0.2) is 14.0 Å². The molecule has 0 atom stereocenters. The van der Waals surface area contributed by atoms with Crippen LogP contribution < -0.4 is 0 Å². The van der Waals surface area contributed by atoms with E-state index >= 15 is 0 Å². The molecule has 12 heavy (non-hydrogen) atoms. The van der Waals surface area contributed by atoms with Crippen molar-refractivity contribution >= 4 is 11.9 Å². The second-order valence-electron chi connectivity index (χ2n) is 2.15. The van der Waals surface area contributed by atoms with Gasteiger partial charge in [-0.1, -0.05) is 0 Å². The summed E-state index contributed by atoms with van der Waals surface area (Å²) in [5.74, 6) is -4.01. The molecule has 6 heteroatoms. The second-order valence-corrected chi connectivity index (χ2v) is 2.15. The number of methoxy groups -OCH3 is 1. The maximum Gasteiger partial charge on any atom is 0.353 e. The Morgan fingerprint density at radius 2 is 1.83 bits per heavy atom. The third kappa shape index (κ3) is 2.16. The first-order valence-corrected chi connectivity index (χ1v) is 3.09. The Morgan fingerprint density at radius 3 is 2.08 bits per heavy atom. The zero-order chi connectivity index (χ0) is 9.78. The van der Waals surface area contributed by atoms with E-state index in [1.165, 1.54) is 7.11 Å². The van der Waals surface area contributed by atoms with Crippen LogP contribution in [-0.4, -0.2) is 41.5 Å². The number of aliphatic carboxylic acids is 2. The molecule has 0 aromatic rings. The molecule has 0 rings (SSSR count). The summed E-state index contributed by atoms with van der Waals surface area (Å²) in [5, 5.41) is 16.4. The van der Waals surface area contributed by atoms with Crippen molar-refractivity contribution < 1.29 is 28.9 Å². The summed E-state index contributed by atoms with van der Waals surface area (Å²) in [6.45, 7) is -0.255. The Hall–Kier alpha value is -1.17. The van der Waals surface area contributed by atoms with Crippen LogP contribution in [0.25, 0.3) is 0 Å². The van der Waals surface area contributed by atoms with Crippen LogP contribution >= 0.6 is 0 Å². The fraction of sp³-hybridized carbons (Fsp3) is 0.667. The first kappa shape index (κ1) is 10.8. The van der Waals surface area contributed by atoms with Crippen LogP contribution in [0.2, 0.25) is 0 Å². The van der Waals surface area contributed by atoms with Gasteiger partial charge >= 0.3 is 17.6 Å². The smallest absolute Gasteiger partial charge is 0.353 e. The molecule has 0 aliphatic carbocycles. The monoisotopic (exact) mass is 180 g/mol. The van der Waals surface area contributed by atoms with Gasteiger partial charge < -0.3 is 14.9 Å². The van der Waals surface area contributed by atoms with E-state index in [9.17, 15) is 14.0 Å². The average molecular weight is 180 g/mol. The lowest BCUT2D eigenvalue weighted by molar-refractivity contribution is -0.168. The largest absolute Gasteiger partial charge is 0.478 e. The Kier molecular flexibility index (Phi) is 3.62. The minimum Gasteiger partial charge on any atom is -0.478 e. The molecular formula is C6H9FO5. The van der Waals surface area contributed by atoms with Crippen molar-refractivity contribution in [3.05, 3.63) is 0 Å². The molecule has 0 aromatic carbocycles. The molecule has 70 valence electrons. The van der Waals surface area contributed by atoms with Crippen molar-refractivity contribution in [1.29, 1.82) is 0 Å². The van der Waals surface area contributed by atoms with Gasteiger partial charge in [0.25, 0.3) is 0 Å². The lowest BCUT2D eigenvalue weighted by Gasteiger charge is -2.14. The van der Waals surface area contributed by atoms with E-state index in [1.807, 2.05) is 0 Å². The number of halogens is 1. The molecule has 0 heterocycles. The van der Waals surface area contributed by atoms with Crippen molar-refractivity contribution in [3.63, 3.8) is 0 Å². The van der Waals surface area contributed by atoms with E-state index in [-0.39, 0.29) is 6.61 Å². The fourth-order valence-corrected chi connectivity index (χ4v) is 0.548. The summed E-state index contributed by atoms with van der Waals surface area (Å²) in [5.41, 5.74) is -3.24. The fourth-order valence-electron chi connectivity index (χ4n) is 0.548. The molecule has 0 saturated carbocycles. The van der Waals surface area contributed by atoms with E-state index in [4.69, 9.17) is 10.2 Å². The van der Waals surface area contributed by atoms with Gasteiger partial charge in [0.15, 0.2) is 0 Å². The van der Waals surface area contributed by atoms with E-state index in [1.54, 1.807) is 0 Å². The molecule has 0 amide bonds. The highest BCUT2D eigenvalue weighted by Crippen LogP contribution is 2.16. The Balaban J connectivity index is 4.40. The molecule has 0 fully saturated rings. The summed E-state index contributed by atoms with van der Waals surface area (Å²) in [6, 6.07) is 0. The number of rotatable bonds is 5. The Morgan fingerprint density at radius 1 is 1.42 bits per heavy atom. The topological polar surface area (TPSA) is 83.8 Å². The highest BCUT2D eigenvalue weighted by atomic mass is 19.1. The summed E-state index contributed by atoms with van der Waals surface area (Å²) < 4.78 is 17.3. The van der Waals surface area contributed by atoms with Crippen molar-refractivity contribution in [1.82, 2.24) is 0 Å². The average Bonchev–Trinajstić information content (AvgIpc) is 1.99. The van der Waals surface area contributed by atoms with Crippen LogP contribution in [0.15, 0.2) is 0 Å². The molecule has 0 bridgehead atoms. The zero-order valence-corrected chi connectivity index (χ0v) is 6.41. The first-order chi connectivity index (χ1) is 5.45. The van der Waals surface area contributed by atoms with Crippen molar-refractivity contribution in [3.8, 4) is 0 Å². The quantitative estimate of drug-likeness (QED) is 0.577. The van der Waals surface area contributed by atoms with Crippen molar-refractivity contribution in [2.45, 2.75) is 12.1 Å². The van der Waals surface area contributed by atoms with Crippen LogP contribution in [0.4, 0.5) is 4.39 Å². The first-order valence-electron chi connectivity index (χ1n) is 3.09. The van der Waals surface area contributed by atoms with Crippen LogP contribution in [0.3, 0.4) is 0 Å². The van der Waals surface area contributed by atoms with Gasteiger partial charge in [0.05, 0.1) is 6.61 Å². The van der Waals surface area contributed by atoms with Gasteiger partial charge in [-0.05, 0) is 0 Å². The summed E-state index contributed by atoms with van der Waals surface area (Å²) >= 11 is 0. The summed E-state index contributed by atoms with van der Waals surface area (Å²) in [4.78, 5) is 20.3. The van der Waals surface area contributed by atoms with Crippen LogP contribution in [0.1, 0.15) is 6.42 Å². The molecule has 0 aliphatic rings. The molecule has 2 N–H and O–H groups in total. The van der Waals surface area contributed by atoms with Gasteiger partial charge in [0, 0.05) is 13.5 Å². The third-order valence-corrected chi connectivity index (χ3v) is 1.33. The van der Waals surface area contributed by atoms with Gasteiger partial charge in [-0.2, -0.15) is 0 Å². The molecular weight excluding hydrogens is 171 g/mol. The lowest BCUT2D eigenvalue weighted by Crippen LogP contribution is -2.43. The van der Waals surface area contributed by atoms with Gasteiger partial charge in [-0.15, -0.1) is 0 Å². The number of ether oxygens (including phenoxy) is 1. The highest BCUT2D eigenvalue weighted by Gasteiger charge is 2.46. The third-order valence-electron chi connectivity index (χ3n) is 1.33. The molecule has 0 saturated heterocycles.